The number of ether oxygens (including phenoxy) is 2. The number of nitrogens with zero attached hydrogens (tertiary/aromatic N) is 1. The lowest BCUT2D eigenvalue weighted by Gasteiger charge is -2.07. The molecule has 0 bridgehead atoms. The van der Waals surface area contributed by atoms with Gasteiger partial charge >= 0.3 is 0 Å². The van der Waals surface area contributed by atoms with Gasteiger partial charge in [0.1, 0.15) is 12.4 Å². The number of hydrogen-bond donors (Lipinski definition) is 1. The highest BCUT2D eigenvalue weighted by Crippen LogP contribution is 2.18. The molecule has 96 valence electrons. The number of rotatable bonds is 7. The number of pyridine rings is 1. The van der Waals surface area contributed by atoms with Crippen molar-refractivity contribution in [2.75, 3.05) is 33.4 Å². The van der Waals surface area contributed by atoms with E-state index in [1.165, 1.54) is 0 Å². The van der Waals surface area contributed by atoms with Gasteiger partial charge in [0.25, 0.3) is 0 Å². The molecule has 0 atom stereocenters. The van der Waals surface area contributed by atoms with Gasteiger partial charge in [-0.1, -0.05) is 6.07 Å². The van der Waals surface area contributed by atoms with E-state index in [-0.39, 0.29) is 0 Å². The van der Waals surface area contributed by atoms with Crippen LogP contribution in [0.4, 0.5) is 0 Å². The van der Waals surface area contributed by atoms with Gasteiger partial charge < -0.3 is 14.8 Å². The van der Waals surface area contributed by atoms with E-state index in [4.69, 9.17) is 9.47 Å². The lowest BCUT2D eigenvalue weighted by atomic mass is 10.2. The molecule has 1 heterocycles. The van der Waals surface area contributed by atoms with Gasteiger partial charge in [-0.2, -0.15) is 0 Å². The monoisotopic (exact) mass is 246 g/mol. The highest BCUT2D eigenvalue weighted by Gasteiger charge is 1.97. The molecule has 0 spiro atoms. The Hall–Kier alpha value is -1.65. The Balaban J connectivity index is 1.81. The molecule has 0 aliphatic heterocycles. The molecule has 1 N–H and O–H groups in total. The third-order valence-corrected chi connectivity index (χ3v) is 2.61. The lowest BCUT2D eigenvalue weighted by molar-refractivity contribution is 0.197. The Labute approximate surface area is 107 Å². The predicted molar refractivity (Wildman–Crippen MR) is 72.0 cm³/mol. The Morgan fingerprint density at radius 3 is 2.94 bits per heavy atom. The summed E-state index contributed by atoms with van der Waals surface area (Å²) in [7, 11) is 1.69. The topological polar surface area (TPSA) is 43.4 Å². The van der Waals surface area contributed by atoms with Crippen LogP contribution in [-0.4, -0.2) is 38.4 Å². The predicted octanol–water partition coefficient (Wildman–Crippen LogP) is 1.85. The maximum absolute atomic E-state index is 5.65. The molecule has 2 aromatic rings. The van der Waals surface area contributed by atoms with Crippen molar-refractivity contribution in [2.45, 2.75) is 0 Å². The van der Waals surface area contributed by atoms with Crippen molar-refractivity contribution in [3.05, 3.63) is 36.5 Å². The zero-order valence-corrected chi connectivity index (χ0v) is 10.6. The maximum Gasteiger partial charge on any atom is 0.121 e. The van der Waals surface area contributed by atoms with Gasteiger partial charge in [0, 0.05) is 37.8 Å². The quantitative estimate of drug-likeness (QED) is 0.757. The normalized spacial score (nSPS) is 10.7. The smallest absolute Gasteiger partial charge is 0.121 e. The van der Waals surface area contributed by atoms with Gasteiger partial charge in [0.15, 0.2) is 0 Å². The molecule has 1 aromatic carbocycles. The largest absolute Gasteiger partial charge is 0.492 e. The van der Waals surface area contributed by atoms with Crippen LogP contribution >= 0.6 is 0 Å². The zero-order chi connectivity index (χ0) is 12.6. The summed E-state index contributed by atoms with van der Waals surface area (Å²) in [6.07, 6.45) is 1.79. The Kier molecular flexibility index (Phi) is 4.93. The standard InChI is InChI=1S/C14H18N2O2/c1-17-9-7-15-8-10-18-13-5-4-12-3-2-6-16-14(12)11-13/h2-6,11,15H,7-10H2,1H3. The summed E-state index contributed by atoms with van der Waals surface area (Å²) in [6.45, 7) is 3.02. The summed E-state index contributed by atoms with van der Waals surface area (Å²) in [4.78, 5) is 4.30. The third-order valence-electron chi connectivity index (χ3n) is 2.61. The van der Waals surface area contributed by atoms with Crippen LogP contribution in [0.1, 0.15) is 0 Å². The molecule has 1 aromatic heterocycles. The van der Waals surface area contributed by atoms with E-state index in [0.717, 1.165) is 36.3 Å². The number of hydrogen-bond acceptors (Lipinski definition) is 4. The summed E-state index contributed by atoms with van der Waals surface area (Å²) >= 11 is 0. The minimum Gasteiger partial charge on any atom is -0.492 e. The van der Waals surface area contributed by atoms with E-state index < -0.39 is 0 Å². The van der Waals surface area contributed by atoms with E-state index in [9.17, 15) is 0 Å². The van der Waals surface area contributed by atoms with E-state index in [2.05, 4.69) is 10.3 Å². The number of aromatic nitrogens is 1. The number of nitrogens with one attached hydrogen (secondary N) is 1. The third kappa shape index (κ3) is 3.68. The molecular weight excluding hydrogens is 228 g/mol. The SMILES string of the molecule is COCCNCCOc1ccc2cccnc2c1. The maximum atomic E-state index is 5.65. The second-order valence-electron chi connectivity index (χ2n) is 3.95. The van der Waals surface area contributed by atoms with Crippen LogP contribution in [0.5, 0.6) is 5.75 Å². The van der Waals surface area contributed by atoms with Crippen LogP contribution in [0.2, 0.25) is 0 Å². The molecule has 0 saturated heterocycles. The van der Waals surface area contributed by atoms with Crippen molar-refractivity contribution in [1.29, 1.82) is 0 Å². The molecule has 0 amide bonds. The Morgan fingerprint density at radius 1 is 1.17 bits per heavy atom. The van der Waals surface area contributed by atoms with Crippen LogP contribution in [-0.2, 0) is 4.74 Å². The molecule has 4 heteroatoms. The summed E-state index contributed by atoms with van der Waals surface area (Å²) in [5.74, 6) is 0.856. The Bertz CT molecular complexity index is 488. The van der Waals surface area contributed by atoms with Crippen molar-refractivity contribution in [3.8, 4) is 5.75 Å². The summed E-state index contributed by atoms with van der Waals surface area (Å²) < 4.78 is 10.6. The van der Waals surface area contributed by atoms with Crippen LogP contribution in [0.3, 0.4) is 0 Å². The molecule has 0 unspecified atom stereocenters. The van der Waals surface area contributed by atoms with Crippen LogP contribution in [0, 0.1) is 0 Å². The van der Waals surface area contributed by atoms with Gasteiger partial charge in [-0.3, -0.25) is 4.98 Å². The first-order valence-electron chi connectivity index (χ1n) is 6.07. The summed E-state index contributed by atoms with van der Waals surface area (Å²) in [5.41, 5.74) is 0.961. The van der Waals surface area contributed by atoms with Crippen LogP contribution < -0.4 is 10.1 Å². The second-order valence-corrected chi connectivity index (χ2v) is 3.95. The second kappa shape index (κ2) is 6.93. The zero-order valence-electron chi connectivity index (χ0n) is 10.6. The molecule has 0 radical (unpaired) electrons. The van der Waals surface area contributed by atoms with Crippen molar-refractivity contribution in [3.63, 3.8) is 0 Å². The van der Waals surface area contributed by atoms with Gasteiger partial charge in [-0.15, -0.1) is 0 Å². The number of benzene rings is 1. The fourth-order valence-electron chi connectivity index (χ4n) is 1.68. The van der Waals surface area contributed by atoms with Crippen LogP contribution in [0.25, 0.3) is 10.9 Å². The van der Waals surface area contributed by atoms with Crippen molar-refractivity contribution in [1.82, 2.24) is 10.3 Å². The molecule has 0 fully saturated rings. The van der Waals surface area contributed by atoms with E-state index in [1.54, 1.807) is 13.3 Å². The van der Waals surface area contributed by atoms with Gasteiger partial charge in [-0.05, 0) is 18.2 Å². The molecule has 0 saturated carbocycles. The Morgan fingerprint density at radius 2 is 2.06 bits per heavy atom. The average Bonchev–Trinajstić information content (AvgIpc) is 2.42. The first kappa shape index (κ1) is 12.8. The number of methoxy groups -OCH3 is 1. The summed E-state index contributed by atoms with van der Waals surface area (Å²) in [6, 6.07) is 9.93. The van der Waals surface area contributed by atoms with Crippen molar-refractivity contribution in [2.24, 2.45) is 0 Å². The van der Waals surface area contributed by atoms with Gasteiger partial charge in [0.2, 0.25) is 0 Å². The van der Waals surface area contributed by atoms with E-state index in [1.807, 2.05) is 30.3 Å². The van der Waals surface area contributed by atoms with Crippen LogP contribution in [0.15, 0.2) is 36.5 Å². The van der Waals surface area contributed by atoms with E-state index >= 15 is 0 Å². The molecule has 18 heavy (non-hydrogen) atoms. The van der Waals surface area contributed by atoms with Crippen molar-refractivity contribution < 1.29 is 9.47 Å². The fraction of sp³-hybridized carbons (Fsp3) is 0.357. The fourth-order valence-corrected chi connectivity index (χ4v) is 1.68. The lowest BCUT2D eigenvalue weighted by Crippen LogP contribution is -2.24. The molecule has 0 aliphatic rings. The summed E-state index contributed by atoms with van der Waals surface area (Å²) in [5, 5.41) is 4.36. The van der Waals surface area contributed by atoms with Gasteiger partial charge in [-0.25, -0.2) is 0 Å². The first-order chi connectivity index (χ1) is 8.90. The number of fused-ring (bicyclic) bond motifs is 1. The highest BCUT2D eigenvalue weighted by atomic mass is 16.5. The van der Waals surface area contributed by atoms with E-state index in [0.29, 0.717) is 6.61 Å². The van der Waals surface area contributed by atoms with Gasteiger partial charge in [0.05, 0.1) is 12.1 Å². The first-order valence-corrected chi connectivity index (χ1v) is 6.07. The molecule has 2 rings (SSSR count). The molecule has 0 aliphatic carbocycles. The minimum atomic E-state index is 0.641. The minimum absolute atomic E-state index is 0.641. The van der Waals surface area contributed by atoms with Crippen molar-refractivity contribution >= 4 is 10.9 Å². The average molecular weight is 246 g/mol. The highest BCUT2D eigenvalue weighted by molar-refractivity contribution is 5.79. The molecular formula is C14H18N2O2. The molecule has 4 nitrogen and oxygen atoms in total.